The second-order valence-corrected chi connectivity index (χ2v) is 5.15. The molecule has 0 spiro atoms. The number of hydrogen-bond donors (Lipinski definition) is 0. The van der Waals surface area contributed by atoms with Crippen LogP contribution in [0.25, 0.3) is 0 Å². The Morgan fingerprint density at radius 3 is 2.09 bits per heavy atom. The maximum atomic E-state index is 12.2. The Kier molecular flexibility index (Phi) is 7.10. The molecule has 3 nitrogen and oxygen atoms in total. The van der Waals surface area contributed by atoms with E-state index in [-0.39, 0.29) is 34.4 Å². The van der Waals surface area contributed by atoms with Gasteiger partial charge in [0.25, 0.3) is 0 Å². The normalized spacial score (nSPS) is 24.3. The monoisotopic (exact) mass is 348 g/mol. The standard InChI is InChI=1S/C14H11O3.C5H5.Fe/c15-12-8-11(9-4-1-2-5-9)13(16)10-6-3-7-17-14(10)12;1-2-4-5-3-1;/h1-2,4-5,8H,3,6-7H2;1-5H;/q;;+2. The van der Waals surface area contributed by atoms with Crippen molar-refractivity contribution in [2.45, 2.75) is 12.8 Å². The van der Waals surface area contributed by atoms with E-state index in [0.29, 0.717) is 24.2 Å². The third-order valence-electron chi connectivity index (χ3n) is 3.64. The number of ketones is 2. The van der Waals surface area contributed by atoms with E-state index in [0.717, 1.165) is 12.3 Å². The Morgan fingerprint density at radius 2 is 1.48 bits per heavy atom. The Morgan fingerprint density at radius 1 is 0.870 bits per heavy atom. The minimum Gasteiger partial charge on any atom is -0.489 e. The summed E-state index contributed by atoms with van der Waals surface area (Å²) in [6.07, 6.45) is 20.2. The summed E-state index contributed by atoms with van der Waals surface area (Å²) in [5, 5.41) is 0. The summed E-state index contributed by atoms with van der Waals surface area (Å²) in [6, 6.07) is 0. The van der Waals surface area contributed by atoms with Crippen LogP contribution in [0.2, 0.25) is 0 Å². The predicted octanol–water partition coefficient (Wildman–Crippen LogP) is 2.55. The van der Waals surface area contributed by atoms with Gasteiger partial charge < -0.3 is 4.74 Å². The largest absolute Gasteiger partial charge is 2.00 e. The van der Waals surface area contributed by atoms with Gasteiger partial charge in [-0.1, -0.05) is 0 Å². The van der Waals surface area contributed by atoms with E-state index in [1.807, 2.05) is 57.8 Å². The molecule has 0 aromatic carbocycles. The molecule has 4 rings (SSSR count). The van der Waals surface area contributed by atoms with Crippen LogP contribution in [0.3, 0.4) is 0 Å². The molecule has 2 saturated carbocycles. The quantitative estimate of drug-likeness (QED) is 0.540. The first-order valence-electron chi connectivity index (χ1n) is 7.33. The molecule has 4 aliphatic rings. The second-order valence-electron chi connectivity index (χ2n) is 5.15. The van der Waals surface area contributed by atoms with Gasteiger partial charge in [0.2, 0.25) is 5.78 Å². The molecule has 0 N–H and O–H groups in total. The van der Waals surface area contributed by atoms with Crippen molar-refractivity contribution in [2.24, 2.45) is 0 Å². The van der Waals surface area contributed by atoms with Gasteiger partial charge >= 0.3 is 17.1 Å². The van der Waals surface area contributed by atoms with Crippen LogP contribution in [0.15, 0.2) is 23.0 Å². The van der Waals surface area contributed by atoms with Gasteiger partial charge in [-0.05, 0) is 76.7 Å². The predicted molar refractivity (Wildman–Crippen MR) is 82.3 cm³/mol. The van der Waals surface area contributed by atoms with Gasteiger partial charge in [0.05, 0.1) is 6.61 Å². The van der Waals surface area contributed by atoms with Crippen LogP contribution in [0.1, 0.15) is 12.8 Å². The molecule has 1 aliphatic heterocycles. The molecule has 0 atom stereocenters. The fraction of sp³-hybridized carbons (Fsp3) is 0.158. The summed E-state index contributed by atoms with van der Waals surface area (Å²) in [5.41, 5.74) is 1.03. The van der Waals surface area contributed by atoms with Crippen LogP contribution in [0, 0.1) is 63.7 Å². The van der Waals surface area contributed by atoms with Crippen LogP contribution in [0.4, 0.5) is 0 Å². The number of carbonyl (C=O) groups excluding carboxylic acids is 2. The first kappa shape index (κ1) is 18.5. The number of Topliss-reactive ketones (excluding diaryl/α,β-unsaturated/α-hetero) is 1. The van der Waals surface area contributed by atoms with Crippen molar-refractivity contribution in [1.82, 2.24) is 0 Å². The van der Waals surface area contributed by atoms with Crippen molar-refractivity contribution in [3.63, 3.8) is 0 Å². The molecule has 0 aromatic rings. The molecule has 4 heteroatoms. The number of hydrogen-bond acceptors (Lipinski definition) is 3. The Balaban J connectivity index is 0.000000276. The molecule has 23 heavy (non-hydrogen) atoms. The van der Waals surface area contributed by atoms with Gasteiger partial charge in [0.1, 0.15) is 0 Å². The summed E-state index contributed by atoms with van der Waals surface area (Å²) in [6.45, 7) is 0.525. The summed E-state index contributed by atoms with van der Waals surface area (Å²) in [7, 11) is 0. The third-order valence-corrected chi connectivity index (χ3v) is 3.64. The minimum atomic E-state index is -0.185. The molecule has 116 valence electrons. The maximum Gasteiger partial charge on any atom is 2.00 e. The molecule has 0 aromatic heterocycles. The maximum absolute atomic E-state index is 12.2. The smallest absolute Gasteiger partial charge is 0.489 e. The van der Waals surface area contributed by atoms with E-state index in [2.05, 4.69) is 0 Å². The first-order chi connectivity index (χ1) is 10.8. The van der Waals surface area contributed by atoms with E-state index in [9.17, 15) is 9.59 Å². The van der Waals surface area contributed by atoms with Crippen molar-refractivity contribution in [1.29, 1.82) is 0 Å². The second kappa shape index (κ2) is 8.84. The van der Waals surface area contributed by atoms with Crippen molar-refractivity contribution < 1.29 is 31.4 Å². The zero-order chi connectivity index (χ0) is 15.4. The number of rotatable bonds is 1. The Bertz CT molecular complexity index is 501. The van der Waals surface area contributed by atoms with Crippen molar-refractivity contribution in [3.05, 3.63) is 86.7 Å². The zero-order valence-electron chi connectivity index (χ0n) is 12.5. The summed E-state index contributed by atoms with van der Waals surface area (Å²) < 4.78 is 5.29. The number of allylic oxidation sites excluding steroid dienone is 3. The molecular formula is C19H16FeO3+2. The van der Waals surface area contributed by atoms with Crippen LogP contribution in [0.5, 0.6) is 0 Å². The van der Waals surface area contributed by atoms with Gasteiger partial charge in [-0.3, -0.25) is 9.59 Å². The van der Waals surface area contributed by atoms with Gasteiger partial charge in [0.15, 0.2) is 11.5 Å². The van der Waals surface area contributed by atoms with Crippen LogP contribution in [-0.4, -0.2) is 18.2 Å². The van der Waals surface area contributed by atoms with E-state index in [1.54, 1.807) is 0 Å². The van der Waals surface area contributed by atoms with E-state index in [1.165, 1.54) is 6.08 Å². The van der Waals surface area contributed by atoms with Gasteiger partial charge in [-0.15, -0.1) is 0 Å². The number of ether oxygens (including phenoxy) is 1. The molecule has 0 saturated heterocycles. The molecule has 0 bridgehead atoms. The topological polar surface area (TPSA) is 43.4 Å². The van der Waals surface area contributed by atoms with Crippen molar-refractivity contribution >= 4 is 11.6 Å². The Labute approximate surface area is 149 Å². The van der Waals surface area contributed by atoms with Crippen molar-refractivity contribution in [3.8, 4) is 0 Å². The summed E-state index contributed by atoms with van der Waals surface area (Å²) in [5.74, 6) is 0.818. The summed E-state index contributed by atoms with van der Waals surface area (Å²) >= 11 is 0. The molecule has 0 amide bonds. The zero-order valence-corrected chi connectivity index (χ0v) is 13.6. The van der Waals surface area contributed by atoms with Gasteiger partial charge in [0, 0.05) is 17.1 Å². The van der Waals surface area contributed by atoms with Crippen LogP contribution >= 0.6 is 0 Å². The minimum absolute atomic E-state index is 0. The average molecular weight is 348 g/mol. The van der Waals surface area contributed by atoms with Crippen LogP contribution in [-0.2, 0) is 31.4 Å². The molecule has 1 heterocycles. The fourth-order valence-electron chi connectivity index (χ4n) is 2.57. The van der Waals surface area contributed by atoms with E-state index >= 15 is 0 Å². The van der Waals surface area contributed by atoms with E-state index in [4.69, 9.17) is 4.74 Å². The molecule has 0 unspecified atom stereocenters. The van der Waals surface area contributed by atoms with Gasteiger partial charge in [-0.25, -0.2) is 0 Å². The SMILES string of the molecule is O=C1C=C([C]2[CH][CH][CH][CH]2)C(=O)C2=C1OCCC2.[CH]1[CH][CH][CH][CH]1.[Fe+2]. The molecule has 3 aliphatic carbocycles. The molecular weight excluding hydrogens is 332 g/mol. The Hall–Kier alpha value is -0.861. The van der Waals surface area contributed by atoms with Crippen LogP contribution < -0.4 is 0 Å². The molecule has 10 radical (unpaired) electrons. The average Bonchev–Trinajstić information content (AvgIpc) is 3.26. The van der Waals surface area contributed by atoms with E-state index < -0.39 is 0 Å². The number of carbonyl (C=O) groups is 2. The van der Waals surface area contributed by atoms with Crippen molar-refractivity contribution in [2.75, 3.05) is 6.61 Å². The fourth-order valence-corrected chi connectivity index (χ4v) is 2.57. The third kappa shape index (κ3) is 4.36. The first-order valence-corrected chi connectivity index (χ1v) is 7.33. The molecule has 2 fully saturated rings. The summed E-state index contributed by atoms with van der Waals surface area (Å²) in [4.78, 5) is 24.1. The van der Waals surface area contributed by atoms with Gasteiger partial charge in [-0.2, -0.15) is 0 Å².